The lowest BCUT2D eigenvalue weighted by Gasteiger charge is -2.28. The first kappa shape index (κ1) is 17.4. The number of hydrogen-bond acceptors (Lipinski definition) is 3. The molecule has 0 aliphatic heterocycles. The van der Waals surface area contributed by atoms with Gasteiger partial charge in [0.15, 0.2) is 0 Å². The molecule has 0 saturated heterocycles. The Morgan fingerprint density at radius 2 is 2.00 bits per heavy atom. The summed E-state index contributed by atoms with van der Waals surface area (Å²) in [5.74, 6) is -2.29. The highest BCUT2D eigenvalue weighted by Gasteiger charge is 2.62. The average molecular weight is 328 g/mol. The molecule has 1 aliphatic carbocycles. The molecule has 0 aromatic carbocycles. The Morgan fingerprint density at radius 1 is 1.35 bits per heavy atom. The second-order valence-corrected chi connectivity index (χ2v) is 6.48. The van der Waals surface area contributed by atoms with Crippen LogP contribution in [0, 0.1) is 24.2 Å². The second kappa shape index (κ2) is 5.94. The van der Waals surface area contributed by atoms with Crippen molar-refractivity contribution in [2.24, 2.45) is 17.3 Å². The van der Waals surface area contributed by atoms with Crippen molar-refractivity contribution < 1.29 is 22.8 Å². The molecule has 126 valence electrons. The van der Waals surface area contributed by atoms with Crippen LogP contribution in [-0.2, 0) is 4.79 Å². The molecule has 2 rings (SSSR count). The molecular formula is C16H19F3N2O2. The Balaban J connectivity index is 1.90. The quantitative estimate of drug-likeness (QED) is 0.846. The molecule has 1 aromatic heterocycles. The predicted molar refractivity (Wildman–Crippen MR) is 77.7 cm³/mol. The summed E-state index contributed by atoms with van der Waals surface area (Å²) in [6.07, 6.45) is -2.69. The van der Waals surface area contributed by atoms with E-state index in [-0.39, 0.29) is 24.4 Å². The van der Waals surface area contributed by atoms with Gasteiger partial charge in [-0.15, -0.1) is 0 Å². The third kappa shape index (κ3) is 3.54. The number of nitrogens with zero attached hydrogens (tertiary/aromatic N) is 1. The molecule has 1 amide bonds. The first-order valence-electron chi connectivity index (χ1n) is 7.35. The number of aryl methyl sites for hydroxylation is 1. The van der Waals surface area contributed by atoms with Crippen LogP contribution in [0.25, 0.3) is 0 Å². The molecule has 4 nitrogen and oxygen atoms in total. The number of ketones is 1. The molecule has 1 aliphatic rings. The molecule has 7 heteroatoms. The van der Waals surface area contributed by atoms with Gasteiger partial charge in [-0.3, -0.25) is 14.6 Å². The van der Waals surface area contributed by atoms with Crippen molar-refractivity contribution >= 4 is 11.7 Å². The summed E-state index contributed by atoms with van der Waals surface area (Å²) in [5, 5.41) is 2.43. The first-order valence-corrected chi connectivity index (χ1v) is 7.35. The van der Waals surface area contributed by atoms with Gasteiger partial charge in [-0.2, -0.15) is 13.2 Å². The minimum absolute atomic E-state index is 0.190. The van der Waals surface area contributed by atoms with Gasteiger partial charge >= 0.3 is 6.18 Å². The number of carbonyl (C=O) groups is 2. The summed E-state index contributed by atoms with van der Waals surface area (Å²) in [4.78, 5) is 27.9. The molecule has 1 fully saturated rings. The lowest BCUT2D eigenvalue weighted by molar-refractivity contribution is -0.220. The third-order valence-electron chi connectivity index (χ3n) is 4.48. The highest BCUT2D eigenvalue weighted by atomic mass is 19.4. The van der Waals surface area contributed by atoms with Crippen molar-refractivity contribution in [3.8, 4) is 0 Å². The number of Topliss-reactive ketones (excluding diaryl/α,β-unsaturated/α-hetero) is 1. The SMILES string of the molecule is Cc1cccnc1C(=O)CNC(=O)C1CC1C(C)(C)C(F)(F)F. The normalized spacial score (nSPS) is 21.0. The van der Waals surface area contributed by atoms with Crippen molar-refractivity contribution in [2.45, 2.75) is 33.4 Å². The van der Waals surface area contributed by atoms with E-state index in [1.165, 1.54) is 6.20 Å². The van der Waals surface area contributed by atoms with Gasteiger partial charge < -0.3 is 5.32 Å². The van der Waals surface area contributed by atoms with Gasteiger partial charge in [0.1, 0.15) is 5.69 Å². The number of amides is 1. The number of aromatic nitrogens is 1. The van der Waals surface area contributed by atoms with E-state index < -0.39 is 29.3 Å². The number of nitrogens with one attached hydrogen (secondary N) is 1. The standard InChI is InChI=1S/C16H19F3N2O2/c1-9-5-4-6-20-13(9)12(22)8-21-14(23)10-7-11(10)15(2,3)16(17,18)19/h4-6,10-11H,7-8H2,1-3H3,(H,21,23). The molecule has 0 bridgehead atoms. The van der Waals surface area contributed by atoms with E-state index in [4.69, 9.17) is 0 Å². The number of rotatable bonds is 5. The monoisotopic (exact) mass is 328 g/mol. The summed E-state index contributed by atoms with van der Waals surface area (Å²) in [5.41, 5.74) is -0.957. The van der Waals surface area contributed by atoms with Crippen LogP contribution in [0.15, 0.2) is 18.3 Å². The Labute approximate surface area is 132 Å². The van der Waals surface area contributed by atoms with Crippen molar-refractivity contribution in [3.63, 3.8) is 0 Å². The van der Waals surface area contributed by atoms with Gasteiger partial charge in [-0.1, -0.05) is 19.9 Å². The summed E-state index contributed by atoms with van der Waals surface area (Å²) in [6.45, 7) is 3.68. The molecule has 1 N–H and O–H groups in total. The van der Waals surface area contributed by atoms with Gasteiger partial charge in [0.25, 0.3) is 0 Å². The summed E-state index contributed by atoms with van der Waals surface area (Å²) in [7, 11) is 0. The number of hydrogen-bond donors (Lipinski definition) is 1. The van der Waals surface area contributed by atoms with Crippen LogP contribution in [0.1, 0.15) is 36.3 Å². The lowest BCUT2D eigenvalue weighted by Crippen LogP contribution is -2.37. The summed E-state index contributed by atoms with van der Waals surface area (Å²) < 4.78 is 38.8. The van der Waals surface area contributed by atoms with Crippen LogP contribution in [-0.4, -0.2) is 29.4 Å². The Hall–Kier alpha value is -1.92. The largest absolute Gasteiger partial charge is 0.394 e. The number of pyridine rings is 1. The topological polar surface area (TPSA) is 59.1 Å². The predicted octanol–water partition coefficient (Wildman–Crippen LogP) is 2.91. The van der Waals surface area contributed by atoms with Crippen molar-refractivity contribution in [3.05, 3.63) is 29.6 Å². The maximum atomic E-state index is 12.9. The van der Waals surface area contributed by atoms with Crippen molar-refractivity contribution in [2.75, 3.05) is 6.54 Å². The molecule has 2 unspecified atom stereocenters. The first-order chi connectivity index (χ1) is 10.6. The molecule has 1 aromatic rings. The fourth-order valence-corrected chi connectivity index (χ4v) is 2.65. The molecular weight excluding hydrogens is 309 g/mol. The number of halogens is 3. The maximum Gasteiger partial charge on any atom is 0.394 e. The molecule has 1 saturated carbocycles. The van der Waals surface area contributed by atoms with E-state index in [1.54, 1.807) is 19.1 Å². The molecule has 2 atom stereocenters. The van der Waals surface area contributed by atoms with Crippen molar-refractivity contribution in [1.82, 2.24) is 10.3 Å². The fourth-order valence-electron chi connectivity index (χ4n) is 2.65. The zero-order chi connectivity index (χ0) is 17.4. The van der Waals surface area contributed by atoms with Gasteiger partial charge in [0.2, 0.25) is 11.7 Å². The highest BCUT2D eigenvalue weighted by Crippen LogP contribution is 2.57. The van der Waals surface area contributed by atoms with E-state index >= 15 is 0 Å². The average Bonchev–Trinajstić information content (AvgIpc) is 3.24. The van der Waals surface area contributed by atoms with Crippen molar-refractivity contribution in [1.29, 1.82) is 0 Å². The second-order valence-electron chi connectivity index (χ2n) is 6.48. The Bertz CT molecular complexity index is 626. The third-order valence-corrected chi connectivity index (χ3v) is 4.48. The van der Waals surface area contributed by atoms with E-state index in [0.29, 0.717) is 5.56 Å². The van der Waals surface area contributed by atoms with Crippen LogP contribution in [0.5, 0.6) is 0 Å². The van der Waals surface area contributed by atoms with E-state index in [9.17, 15) is 22.8 Å². The van der Waals surface area contributed by atoms with E-state index in [0.717, 1.165) is 13.8 Å². The van der Waals surface area contributed by atoms with Crippen LogP contribution in [0.4, 0.5) is 13.2 Å². The molecule has 1 heterocycles. The number of carbonyl (C=O) groups excluding carboxylic acids is 2. The maximum absolute atomic E-state index is 12.9. The highest BCUT2D eigenvalue weighted by molar-refractivity contribution is 5.99. The van der Waals surface area contributed by atoms with E-state index in [2.05, 4.69) is 10.3 Å². The smallest absolute Gasteiger partial charge is 0.348 e. The number of alkyl halides is 3. The Morgan fingerprint density at radius 3 is 2.57 bits per heavy atom. The van der Waals surface area contributed by atoms with Crippen LogP contribution >= 0.6 is 0 Å². The zero-order valence-corrected chi connectivity index (χ0v) is 13.2. The fraction of sp³-hybridized carbons (Fsp3) is 0.562. The van der Waals surface area contributed by atoms with Gasteiger partial charge in [0.05, 0.1) is 12.0 Å². The molecule has 23 heavy (non-hydrogen) atoms. The van der Waals surface area contributed by atoms with Crippen LogP contribution in [0.3, 0.4) is 0 Å². The van der Waals surface area contributed by atoms with Gasteiger partial charge in [-0.25, -0.2) is 0 Å². The molecule has 0 radical (unpaired) electrons. The molecule has 0 spiro atoms. The summed E-state index contributed by atoms with van der Waals surface area (Å²) >= 11 is 0. The summed E-state index contributed by atoms with van der Waals surface area (Å²) in [6, 6.07) is 3.42. The minimum atomic E-state index is -4.35. The lowest BCUT2D eigenvalue weighted by atomic mass is 9.85. The van der Waals surface area contributed by atoms with Crippen LogP contribution in [0.2, 0.25) is 0 Å². The minimum Gasteiger partial charge on any atom is -0.348 e. The van der Waals surface area contributed by atoms with E-state index in [1.807, 2.05) is 0 Å². The zero-order valence-electron chi connectivity index (χ0n) is 13.2. The Kier molecular flexibility index (Phi) is 4.50. The van der Waals surface area contributed by atoms with Gasteiger partial charge in [-0.05, 0) is 30.9 Å². The van der Waals surface area contributed by atoms with Gasteiger partial charge in [0, 0.05) is 12.1 Å². The van der Waals surface area contributed by atoms with Crippen LogP contribution < -0.4 is 5.32 Å².